The van der Waals surface area contributed by atoms with Crippen molar-refractivity contribution in [3.8, 4) is 11.5 Å². The van der Waals surface area contributed by atoms with E-state index in [4.69, 9.17) is 15.2 Å². The molecule has 0 spiro atoms. The third kappa shape index (κ3) is 2.49. The van der Waals surface area contributed by atoms with Crippen molar-refractivity contribution >= 4 is 0 Å². The summed E-state index contributed by atoms with van der Waals surface area (Å²) in [5.74, 6) is 1.79. The molecule has 0 saturated heterocycles. The van der Waals surface area contributed by atoms with E-state index >= 15 is 0 Å². The van der Waals surface area contributed by atoms with Crippen molar-refractivity contribution in [1.29, 1.82) is 0 Å². The summed E-state index contributed by atoms with van der Waals surface area (Å²) in [6.07, 6.45) is 0.797. The maximum atomic E-state index is 6.50. The lowest BCUT2D eigenvalue weighted by Crippen LogP contribution is -2.31. The smallest absolute Gasteiger partial charge is 0.124 e. The molecule has 1 aliphatic rings. The number of para-hydroxylation sites is 1. The van der Waals surface area contributed by atoms with Gasteiger partial charge >= 0.3 is 0 Å². The number of fused-ring (bicyclic) bond motifs is 1. The van der Waals surface area contributed by atoms with Gasteiger partial charge in [0.25, 0.3) is 0 Å². The van der Waals surface area contributed by atoms with Gasteiger partial charge in [-0.1, -0.05) is 24.3 Å². The standard InChI is InChI=1S/C18H21NO2/c1-11-8-12(2)17(15(9-11)20-3)18(19)16-10-13-6-4-5-7-14(13)21-16/h4-9,16,18H,10,19H2,1-3H3. The van der Waals surface area contributed by atoms with Crippen LogP contribution in [-0.4, -0.2) is 13.2 Å². The van der Waals surface area contributed by atoms with Gasteiger partial charge in [-0.3, -0.25) is 0 Å². The molecule has 2 aromatic rings. The normalized spacial score (nSPS) is 18.0. The molecule has 1 aliphatic heterocycles. The van der Waals surface area contributed by atoms with Crippen LogP contribution in [0.25, 0.3) is 0 Å². The highest BCUT2D eigenvalue weighted by Crippen LogP contribution is 2.37. The van der Waals surface area contributed by atoms with Crippen LogP contribution in [0.15, 0.2) is 36.4 Å². The van der Waals surface area contributed by atoms with Crippen molar-refractivity contribution in [2.45, 2.75) is 32.4 Å². The third-order valence-electron chi connectivity index (χ3n) is 4.12. The van der Waals surface area contributed by atoms with E-state index < -0.39 is 0 Å². The maximum Gasteiger partial charge on any atom is 0.124 e. The van der Waals surface area contributed by atoms with Crippen molar-refractivity contribution < 1.29 is 9.47 Å². The zero-order chi connectivity index (χ0) is 15.0. The van der Waals surface area contributed by atoms with Gasteiger partial charge in [-0.2, -0.15) is 0 Å². The predicted molar refractivity (Wildman–Crippen MR) is 84.0 cm³/mol. The van der Waals surface area contributed by atoms with E-state index in [2.05, 4.69) is 26.0 Å². The number of hydrogen-bond acceptors (Lipinski definition) is 3. The molecule has 0 aliphatic carbocycles. The van der Waals surface area contributed by atoms with Gasteiger partial charge in [0.1, 0.15) is 17.6 Å². The van der Waals surface area contributed by atoms with E-state index in [9.17, 15) is 0 Å². The highest BCUT2D eigenvalue weighted by molar-refractivity contribution is 5.47. The molecule has 2 unspecified atom stereocenters. The lowest BCUT2D eigenvalue weighted by molar-refractivity contribution is 0.197. The summed E-state index contributed by atoms with van der Waals surface area (Å²) in [6, 6.07) is 12.1. The first kappa shape index (κ1) is 14.0. The summed E-state index contributed by atoms with van der Waals surface area (Å²) in [4.78, 5) is 0. The average Bonchev–Trinajstić information content (AvgIpc) is 2.89. The van der Waals surface area contributed by atoms with E-state index in [-0.39, 0.29) is 12.1 Å². The van der Waals surface area contributed by atoms with E-state index in [1.807, 2.05) is 24.3 Å². The van der Waals surface area contributed by atoms with Crippen LogP contribution < -0.4 is 15.2 Å². The topological polar surface area (TPSA) is 44.5 Å². The number of rotatable bonds is 3. The molecule has 1 heterocycles. The Kier molecular flexibility index (Phi) is 3.60. The van der Waals surface area contributed by atoms with Gasteiger partial charge in [0.2, 0.25) is 0 Å². The van der Waals surface area contributed by atoms with Crippen LogP contribution in [-0.2, 0) is 6.42 Å². The number of aryl methyl sites for hydroxylation is 2. The van der Waals surface area contributed by atoms with Gasteiger partial charge in [0.05, 0.1) is 13.2 Å². The largest absolute Gasteiger partial charge is 0.496 e. The molecule has 3 heteroatoms. The molecule has 0 bridgehead atoms. The maximum absolute atomic E-state index is 6.50. The molecule has 0 aromatic heterocycles. The van der Waals surface area contributed by atoms with Crippen LogP contribution in [0.3, 0.4) is 0 Å². The first-order valence-corrected chi connectivity index (χ1v) is 7.25. The molecule has 2 aromatic carbocycles. The van der Waals surface area contributed by atoms with Crippen LogP contribution >= 0.6 is 0 Å². The quantitative estimate of drug-likeness (QED) is 0.940. The van der Waals surface area contributed by atoms with Crippen LogP contribution in [0.2, 0.25) is 0 Å². The predicted octanol–water partition coefficient (Wildman–Crippen LogP) is 3.32. The van der Waals surface area contributed by atoms with Crippen molar-refractivity contribution in [2.75, 3.05) is 7.11 Å². The fourth-order valence-corrected chi connectivity index (χ4v) is 3.13. The minimum absolute atomic E-state index is 0.0438. The van der Waals surface area contributed by atoms with Gasteiger partial charge in [-0.15, -0.1) is 0 Å². The molecule has 21 heavy (non-hydrogen) atoms. The molecule has 0 fully saturated rings. The lowest BCUT2D eigenvalue weighted by Gasteiger charge is -2.23. The van der Waals surface area contributed by atoms with Gasteiger partial charge in [-0.05, 0) is 42.7 Å². The fraction of sp³-hybridized carbons (Fsp3) is 0.333. The van der Waals surface area contributed by atoms with Gasteiger partial charge < -0.3 is 15.2 Å². The van der Waals surface area contributed by atoms with E-state index in [0.29, 0.717) is 0 Å². The number of hydrogen-bond donors (Lipinski definition) is 1. The molecule has 0 saturated carbocycles. The molecule has 110 valence electrons. The summed E-state index contributed by atoms with van der Waals surface area (Å²) in [5.41, 5.74) is 11.1. The molecule has 3 rings (SSSR count). The van der Waals surface area contributed by atoms with Crippen LogP contribution in [0, 0.1) is 13.8 Å². The van der Waals surface area contributed by atoms with Gasteiger partial charge in [0, 0.05) is 12.0 Å². The summed E-state index contributed by atoms with van der Waals surface area (Å²) in [5, 5.41) is 0. The molecular formula is C18H21NO2. The van der Waals surface area contributed by atoms with Crippen LogP contribution in [0.1, 0.15) is 28.3 Å². The lowest BCUT2D eigenvalue weighted by atomic mass is 9.93. The Labute approximate surface area is 125 Å². The van der Waals surface area contributed by atoms with Crippen molar-refractivity contribution in [3.05, 3.63) is 58.7 Å². The minimum atomic E-state index is -0.201. The second kappa shape index (κ2) is 5.41. The Hall–Kier alpha value is -2.00. The first-order valence-electron chi connectivity index (χ1n) is 7.25. The van der Waals surface area contributed by atoms with E-state index in [1.54, 1.807) is 7.11 Å². The highest BCUT2D eigenvalue weighted by atomic mass is 16.5. The number of nitrogens with two attached hydrogens (primary N) is 1. The second-order valence-corrected chi connectivity index (χ2v) is 5.69. The fourth-order valence-electron chi connectivity index (χ4n) is 3.13. The van der Waals surface area contributed by atoms with Crippen molar-refractivity contribution in [2.24, 2.45) is 5.73 Å². The molecule has 0 amide bonds. The molecular weight excluding hydrogens is 262 g/mol. The number of methoxy groups -OCH3 is 1. The molecule has 2 N–H and O–H groups in total. The average molecular weight is 283 g/mol. The Balaban J connectivity index is 1.92. The Morgan fingerprint density at radius 2 is 2.00 bits per heavy atom. The van der Waals surface area contributed by atoms with Gasteiger partial charge in [-0.25, -0.2) is 0 Å². The third-order valence-corrected chi connectivity index (χ3v) is 4.12. The summed E-state index contributed by atoms with van der Waals surface area (Å²) in [7, 11) is 1.69. The minimum Gasteiger partial charge on any atom is -0.496 e. The monoisotopic (exact) mass is 283 g/mol. The summed E-state index contributed by atoms with van der Waals surface area (Å²) < 4.78 is 11.6. The van der Waals surface area contributed by atoms with Crippen LogP contribution in [0.4, 0.5) is 0 Å². The molecule has 3 nitrogen and oxygen atoms in total. The van der Waals surface area contributed by atoms with Crippen molar-refractivity contribution in [3.63, 3.8) is 0 Å². The van der Waals surface area contributed by atoms with E-state index in [0.717, 1.165) is 29.0 Å². The first-order chi connectivity index (χ1) is 10.1. The second-order valence-electron chi connectivity index (χ2n) is 5.69. The molecule has 2 atom stereocenters. The summed E-state index contributed by atoms with van der Waals surface area (Å²) in [6.45, 7) is 4.14. The zero-order valence-corrected chi connectivity index (χ0v) is 12.7. The highest BCUT2D eigenvalue weighted by Gasteiger charge is 2.31. The SMILES string of the molecule is COc1cc(C)cc(C)c1C(N)C1Cc2ccccc2O1. The van der Waals surface area contributed by atoms with Crippen molar-refractivity contribution in [1.82, 2.24) is 0 Å². The summed E-state index contributed by atoms with van der Waals surface area (Å²) >= 11 is 0. The Bertz CT molecular complexity index is 641. The zero-order valence-electron chi connectivity index (χ0n) is 12.7. The number of ether oxygens (including phenoxy) is 2. The molecule has 0 radical (unpaired) electrons. The Morgan fingerprint density at radius 1 is 1.24 bits per heavy atom. The Morgan fingerprint density at radius 3 is 2.71 bits per heavy atom. The van der Waals surface area contributed by atoms with Crippen LogP contribution in [0.5, 0.6) is 11.5 Å². The van der Waals surface area contributed by atoms with E-state index in [1.165, 1.54) is 11.1 Å². The number of benzene rings is 2. The van der Waals surface area contributed by atoms with Gasteiger partial charge in [0.15, 0.2) is 0 Å².